The Bertz CT molecular complexity index is 1530. The molecule has 0 aliphatic heterocycles. The number of carboxylic acid groups (broad SMARTS) is 1. The van der Waals surface area contributed by atoms with Gasteiger partial charge in [0.25, 0.3) is 0 Å². The number of carbonyl (C=O) groups is 1. The topological polar surface area (TPSA) is 115 Å². The van der Waals surface area contributed by atoms with Gasteiger partial charge in [-0.05, 0) is 52.6 Å². The molecule has 7 nitrogen and oxygen atoms in total. The standard InChI is InChI=1S/C24H17ClF4N2O5/c1-11(23(35,24(27,28)29)14-4-6-18-19(10-14)31-21(32)30-18)15-5-2-12(8-16(15)25)13-3-7-20(17(26)9-13)36-22(33)34/h2-11,35H,1H3,(H,33,34)(H2,30,31,32). The highest BCUT2D eigenvalue weighted by Crippen LogP contribution is 2.50. The zero-order chi connectivity index (χ0) is 26.4. The normalized spacial score (nSPS) is 14.4. The third-order valence-corrected chi connectivity index (χ3v) is 6.27. The highest BCUT2D eigenvalue weighted by atomic mass is 35.5. The van der Waals surface area contributed by atoms with E-state index in [0.717, 1.165) is 31.2 Å². The fraction of sp³-hybridized carbons (Fsp3) is 0.167. The van der Waals surface area contributed by atoms with Crippen LogP contribution in [0.5, 0.6) is 5.75 Å². The molecule has 0 saturated heterocycles. The molecule has 1 aromatic heterocycles. The summed E-state index contributed by atoms with van der Waals surface area (Å²) in [5, 5.41) is 19.6. The van der Waals surface area contributed by atoms with Crippen LogP contribution in [0.3, 0.4) is 0 Å². The fourth-order valence-electron chi connectivity index (χ4n) is 4.07. The van der Waals surface area contributed by atoms with E-state index in [1.54, 1.807) is 0 Å². The van der Waals surface area contributed by atoms with Crippen LogP contribution in [-0.4, -0.2) is 32.5 Å². The van der Waals surface area contributed by atoms with Crippen LogP contribution in [0, 0.1) is 5.82 Å². The number of aromatic amines is 2. The summed E-state index contributed by atoms with van der Waals surface area (Å²) >= 11 is 6.33. The summed E-state index contributed by atoms with van der Waals surface area (Å²) < 4.78 is 61.4. The van der Waals surface area contributed by atoms with Crippen molar-refractivity contribution >= 4 is 28.8 Å². The third kappa shape index (κ3) is 4.42. The first-order valence-electron chi connectivity index (χ1n) is 10.3. The molecule has 0 fully saturated rings. The van der Waals surface area contributed by atoms with Gasteiger partial charge in [0.2, 0.25) is 0 Å². The highest BCUT2D eigenvalue weighted by molar-refractivity contribution is 6.31. The lowest BCUT2D eigenvalue weighted by molar-refractivity contribution is -0.274. The van der Waals surface area contributed by atoms with Crippen molar-refractivity contribution < 1.29 is 37.3 Å². The molecule has 0 radical (unpaired) electrons. The molecule has 4 aromatic rings. The molecule has 0 aliphatic carbocycles. The molecule has 36 heavy (non-hydrogen) atoms. The number of ether oxygens (including phenoxy) is 1. The van der Waals surface area contributed by atoms with Gasteiger partial charge < -0.3 is 24.9 Å². The second-order valence-electron chi connectivity index (χ2n) is 8.07. The van der Waals surface area contributed by atoms with Crippen molar-refractivity contribution in [3.05, 3.63) is 87.0 Å². The number of benzene rings is 3. The number of hydrogen-bond donors (Lipinski definition) is 4. The molecular formula is C24H17ClF4N2O5. The van der Waals surface area contributed by atoms with Crippen molar-refractivity contribution in [1.82, 2.24) is 9.97 Å². The van der Waals surface area contributed by atoms with Crippen LogP contribution < -0.4 is 10.4 Å². The maximum absolute atomic E-state index is 14.3. The molecule has 4 rings (SSSR count). The number of aliphatic hydroxyl groups is 1. The van der Waals surface area contributed by atoms with Crippen LogP contribution in [0.25, 0.3) is 22.2 Å². The van der Waals surface area contributed by atoms with E-state index < -0.39 is 46.7 Å². The minimum Gasteiger partial charge on any atom is -0.449 e. The minimum atomic E-state index is -5.12. The van der Waals surface area contributed by atoms with Gasteiger partial charge in [-0.3, -0.25) is 0 Å². The Morgan fingerprint density at radius 2 is 1.64 bits per heavy atom. The van der Waals surface area contributed by atoms with Crippen LogP contribution in [0.2, 0.25) is 5.02 Å². The summed E-state index contributed by atoms with van der Waals surface area (Å²) in [5.74, 6) is -3.07. The molecule has 2 atom stereocenters. The molecule has 3 aromatic carbocycles. The van der Waals surface area contributed by atoms with Crippen LogP contribution in [0.1, 0.15) is 24.0 Å². The summed E-state index contributed by atoms with van der Waals surface area (Å²) in [7, 11) is 0. The molecule has 0 amide bonds. The SMILES string of the molecule is CC(c1ccc(-c2ccc(OC(=O)O)c(F)c2)cc1Cl)C(O)(c1ccc2[nH]c(=O)[nH]c2c1)C(F)(F)F. The van der Waals surface area contributed by atoms with Gasteiger partial charge in [-0.25, -0.2) is 14.0 Å². The number of aromatic nitrogens is 2. The summed E-state index contributed by atoms with van der Waals surface area (Å²) in [6.45, 7) is 1.16. The van der Waals surface area contributed by atoms with E-state index >= 15 is 0 Å². The van der Waals surface area contributed by atoms with Crippen LogP contribution in [0.4, 0.5) is 22.4 Å². The van der Waals surface area contributed by atoms with E-state index in [-0.39, 0.29) is 27.2 Å². The quantitative estimate of drug-likeness (QED) is 0.147. The summed E-state index contributed by atoms with van der Waals surface area (Å²) in [6.07, 6.45) is -6.82. The third-order valence-electron chi connectivity index (χ3n) is 5.94. The minimum absolute atomic E-state index is 0.0331. The number of hydrogen-bond acceptors (Lipinski definition) is 4. The number of fused-ring (bicyclic) bond motifs is 1. The summed E-state index contributed by atoms with van der Waals surface area (Å²) in [6, 6.07) is 10.8. The molecule has 0 spiro atoms. The lowest BCUT2D eigenvalue weighted by Gasteiger charge is -2.37. The van der Waals surface area contributed by atoms with Gasteiger partial charge in [0.1, 0.15) is 0 Å². The summed E-state index contributed by atoms with van der Waals surface area (Å²) in [5.41, 5.74) is -3.55. The predicted molar refractivity (Wildman–Crippen MR) is 123 cm³/mol. The number of alkyl halides is 3. The Morgan fingerprint density at radius 1 is 1.00 bits per heavy atom. The molecule has 0 aliphatic rings. The fourth-order valence-corrected chi connectivity index (χ4v) is 4.41. The number of H-pyrrole nitrogens is 2. The second kappa shape index (κ2) is 8.99. The Balaban J connectivity index is 1.74. The van der Waals surface area contributed by atoms with Gasteiger partial charge in [-0.15, -0.1) is 0 Å². The number of nitrogens with one attached hydrogen (secondary N) is 2. The maximum Gasteiger partial charge on any atom is 0.511 e. The molecule has 4 N–H and O–H groups in total. The largest absolute Gasteiger partial charge is 0.511 e. The predicted octanol–water partition coefficient (Wildman–Crippen LogP) is 5.93. The first-order chi connectivity index (χ1) is 16.8. The van der Waals surface area contributed by atoms with E-state index in [1.807, 2.05) is 0 Å². The van der Waals surface area contributed by atoms with Crippen LogP contribution >= 0.6 is 11.6 Å². The number of imidazole rings is 1. The molecule has 1 heterocycles. The van der Waals surface area contributed by atoms with Crippen LogP contribution in [0.15, 0.2) is 59.4 Å². The molecule has 0 bridgehead atoms. The maximum atomic E-state index is 14.3. The Hall–Kier alpha value is -3.83. The second-order valence-corrected chi connectivity index (χ2v) is 8.48. The van der Waals surface area contributed by atoms with E-state index in [0.29, 0.717) is 5.56 Å². The van der Waals surface area contributed by atoms with Gasteiger partial charge >= 0.3 is 18.0 Å². The van der Waals surface area contributed by atoms with Crippen molar-refractivity contribution in [2.75, 3.05) is 0 Å². The van der Waals surface area contributed by atoms with E-state index in [2.05, 4.69) is 14.7 Å². The number of halogens is 5. The van der Waals surface area contributed by atoms with Crippen LogP contribution in [-0.2, 0) is 5.60 Å². The van der Waals surface area contributed by atoms with Crippen molar-refractivity contribution in [3.8, 4) is 16.9 Å². The van der Waals surface area contributed by atoms with Gasteiger partial charge in [-0.1, -0.05) is 42.8 Å². The molecular weight excluding hydrogens is 508 g/mol. The van der Waals surface area contributed by atoms with Gasteiger partial charge in [0, 0.05) is 10.9 Å². The van der Waals surface area contributed by atoms with Gasteiger partial charge in [0.05, 0.1) is 11.0 Å². The lowest BCUT2D eigenvalue weighted by atomic mass is 9.77. The summed E-state index contributed by atoms with van der Waals surface area (Å²) in [4.78, 5) is 26.9. The molecule has 0 saturated carbocycles. The first-order valence-corrected chi connectivity index (χ1v) is 10.7. The molecule has 2 unspecified atom stereocenters. The lowest BCUT2D eigenvalue weighted by Crippen LogP contribution is -2.46. The van der Waals surface area contributed by atoms with Crippen molar-refractivity contribution in [2.24, 2.45) is 0 Å². The van der Waals surface area contributed by atoms with E-state index in [9.17, 15) is 32.3 Å². The van der Waals surface area contributed by atoms with E-state index in [1.165, 1.54) is 30.3 Å². The van der Waals surface area contributed by atoms with Gasteiger partial charge in [-0.2, -0.15) is 13.2 Å². The van der Waals surface area contributed by atoms with Gasteiger partial charge in [0.15, 0.2) is 17.2 Å². The molecule has 188 valence electrons. The van der Waals surface area contributed by atoms with Crippen molar-refractivity contribution in [2.45, 2.75) is 24.6 Å². The van der Waals surface area contributed by atoms with Crippen molar-refractivity contribution in [3.63, 3.8) is 0 Å². The zero-order valence-electron chi connectivity index (χ0n) is 18.3. The smallest absolute Gasteiger partial charge is 0.449 e. The zero-order valence-corrected chi connectivity index (χ0v) is 19.0. The Labute approximate surface area is 204 Å². The van der Waals surface area contributed by atoms with E-state index in [4.69, 9.17) is 16.7 Å². The molecule has 12 heteroatoms. The monoisotopic (exact) mass is 524 g/mol. The Morgan fingerprint density at radius 3 is 2.25 bits per heavy atom. The number of rotatable bonds is 5. The first kappa shape index (κ1) is 25.3. The highest BCUT2D eigenvalue weighted by Gasteiger charge is 2.59. The average molecular weight is 525 g/mol. The Kier molecular flexibility index (Phi) is 6.31. The average Bonchev–Trinajstić information content (AvgIpc) is 3.17. The van der Waals surface area contributed by atoms with Crippen molar-refractivity contribution in [1.29, 1.82) is 0 Å².